The van der Waals surface area contributed by atoms with Crippen molar-refractivity contribution in [2.75, 3.05) is 0 Å². The van der Waals surface area contributed by atoms with Crippen LogP contribution in [0, 0.1) is 0 Å². The standard InChI is InChI=1S/C14H10N2OS4/c17-15-10-2-1-6(18)3-8(10)14-13(15)9-4-7(19)5-11(20)12(9)16(14)21/h1-5,17-21H. The Bertz CT molecular complexity index is 1050. The predicted octanol–water partition coefficient (Wildman–Crippen LogP) is 4.55. The summed E-state index contributed by atoms with van der Waals surface area (Å²) in [6.45, 7) is 0. The van der Waals surface area contributed by atoms with Gasteiger partial charge in [0.2, 0.25) is 0 Å². The number of thiol groups is 4. The van der Waals surface area contributed by atoms with E-state index in [9.17, 15) is 5.21 Å². The highest BCUT2D eigenvalue weighted by atomic mass is 32.1. The third-order valence-corrected chi connectivity index (χ3v) is 4.93. The second-order valence-electron chi connectivity index (χ2n) is 4.88. The van der Waals surface area contributed by atoms with Gasteiger partial charge in [0.25, 0.3) is 0 Å². The van der Waals surface area contributed by atoms with Crippen molar-refractivity contribution >= 4 is 83.5 Å². The largest absolute Gasteiger partial charge is 0.428 e. The molecular formula is C14H10N2OS4. The molecule has 0 aliphatic heterocycles. The van der Waals surface area contributed by atoms with Gasteiger partial charge in [-0.1, -0.05) is 12.8 Å². The van der Waals surface area contributed by atoms with Crippen molar-refractivity contribution in [1.29, 1.82) is 0 Å². The fourth-order valence-electron chi connectivity index (χ4n) is 2.82. The van der Waals surface area contributed by atoms with E-state index in [1.54, 1.807) is 3.97 Å². The lowest BCUT2D eigenvalue weighted by atomic mass is 10.2. The van der Waals surface area contributed by atoms with E-state index in [1.165, 1.54) is 4.73 Å². The molecule has 0 amide bonds. The Hall–Kier alpha value is -1.02. The molecule has 1 N–H and O–H groups in total. The summed E-state index contributed by atoms with van der Waals surface area (Å²) >= 11 is 17.9. The maximum absolute atomic E-state index is 10.5. The third-order valence-electron chi connectivity index (χ3n) is 3.65. The van der Waals surface area contributed by atoms with Crippen molar-refractivity contribution in [3.8, 4) is 0 Å². The lowest BCUT2D eigenvalue weighted by Gasteiger charge is -2.03. The van der Waals surface area contributed by atoms with Gasteiger partial charge in [0.05, 0.1) is 16.6 Å². The third kappa shape index (κ3) is 1.75. The molecule has 0 saturated heterocycles. The zero-order valence-corrected chi connectivity index (χ0v) is 14.1. The summed E-state index contributed by atoms with van der Waals surface area (Å²) < 4.78 is 2.94. The first-order valence-corrected chi connectivity index (χ1v) is 7.85. The van der Waals surface area contributed by atoms with Gasteiger partial charge in [-0.15, -0.1) is 37.9 Å². The fraction of sp³-hybridized carbons (Fsp3) is 0. The first-order chi connectivity index (χ1) is 9.99. The van der Waals surface area contributed by atoms with Crippen LogP contribution in [-0.2, 0) is 0 Å². The molecule has 4 aromatic rings. The Morgan fingerprint density at radius 1 is 0.810 bits per heavy atom. The lowest BCUT2D eigenvalue weighted by molar-refractivity contribution is 0.213. The molecule has 21 heavy (non-hydrogen) atoms. The van der Waals surface area contributed by atoms with Crippen LogP contribution in [-0.4, -0.2) is 13.9 Å². The van der Waals surface area contributed by atoms with Crippen LogP contribution in [0.5, 0.6) is 0 Å². The van der Waals surface area contributed by atoms with Gasteiger partial charge in [0.1, 0.15) is 5.52 Å². The molecule has 2 aromatic heterocycles. The van der Waals surface area contributed by atoms with Crippen LogP contribution in [0.25, 0.3) is 32.8 Å². The van der Waals surface area contributed by atoms with Gasteiger partial charge in [0.15, 0.2) is 0 Å². The summed E-state index contributed by atoms with van der Waals surface area (Å²) in [6.07, 6.45) is 0. The molecule has 4 rings (SSSR count). The molecule has 0 fully saturated rings. The van der Waals surface area contributed by atoms with E-state index in [4.69, 9.17) is 0 Å². The predicted molar refractivity (Wildman–Crippen MR) is 98.3 cm³/mol. The van der Waals surface area contributed by atoms with E-state index in [1.807, 2.05) is 30.3 Å². The van der Waals surface area contributed by atoms with Crippen molar-refractivity contribution in [2.45, 2.75) is 14.7 Å². The SMILES string of the molecule is On1c2ccc(S)cc2c2c1c1cc(S)cc(S)c1n2S. The van der Waals surface area contributed by atoms with Crippen molar-refractivity contribution in [3.63, 3.8) is 0 Å². The first-order valence-electron chi connectivity index (χ1n) is 6.11. The smallest absolute Gasteiger partial charge is 0.115 e. The molecule has 2 aromatic carbocycles. The van der Waals surface area contributed by atoms with Crippen molar-refractivity contribution in [2.24, 2.45) is 0 Å². The number of benzene rings is 2. The average molecular weight is 351 g/mol. The molecule has 0 bridgehead atoms. The van der Waals surface area contributed by atoms with E-state index in [-0.39, 0.29) is 0 Å². The van der Waals surface area contributed by atoms with E-state index in [0.29, 0.717) is 11.0 Å². The second-order valence-corrected chi connectivity index (χ2v) is 6.80. The highest BCUT2D eigenvalue weighted by molar-refractivity contribution is 7.81. The van der Waals surface area contributed by atoms with Gasteiger partial charge in [-0.3, -0.25) is 3.97 Å². The Kier molecular flexibility index (Phi) is 2.91. The molecule has 0 saturated carbocycles. The summed E-state index contributed by atoms with van der Waals surface area (Å²) in [4.78, 5) is 2.38. The highest BCUT2D eigenvalue weighted by Gasteiger charge is 2.20. The van der Waals surface area contributed by atoms with Crippen molar-refractivity contribution < 1.29 is 5.21 Å². The zero-order chi connectivity index (χ0) is 14.9. The number of nitrogens with zero attached hydrogens (tertiary/aromatic N) is 2. The quantitative estimate of drug-likeness (QED) is 0.234. The molecule has 0 aliphatic carbocycles. The Morgan fingerprint density at radius 2 is 1.52 bits per heavy atom. The Morgan fingerprint density at radius 3 is 2.29 bits per heavy atom. The number of fused-ring (bicyclic) bond motifs is 5. The molecule has 7 heteroatoms. The Labute approximate surface area is 142 Å². The molecule has 0 unspecified atom stereocenters. The van der Waals surface area contributed by atoms with E-state index >= 15 is 0 Å². The summed E-state index contributed by atoms with van der Waals surface area (Å²) in [7, 11) is 0. The molecule has 0 radical (unpaired) electrons. The first kappa shape index (κ1) is 13.6. The van der Waals surface area contributed by atoms with Gasteiger partial charge in [-0.25, -0.2) is 0 Å². The van der Waals surface area contributed by atoms with Crippen LogP contribution >= 0.6 is 50.7 Å². The van der Waals surface area contributed by atoms with Crippen LogP contribution in [0.4, 0.5) is 0 Å². The van der Waals surface area contributed by atoms with Gasteiger partial charge in [-0.2, -0.15) is 4.73 Å². The summed E-state index contributed by atoms with van der Waals surface area (Å²) in [6, 6.07) is 9.35. The fourth-order valence-corrected chi connectivity index (χ4v) is 4.24. The molecule has 0 atom stereocenters. The molecule has 2 heterocycles. The van der Waals surface area contributed by atoms with Crippen LogP contribution in [0.2, 0.25) is 0 Å². The summed E-state index contributed by atoms with van der Waals surface area (Å²) in [5, 5.41) is 12.3. The lowest BCUT2D eigenvalue weighted by Crippen LogP contribution is -1.88. The van der Waals surface area contributed by atoms with E-state index in [2.05, 4.69) is 50.7 Å². The van der Waals surface area contributed by atoms with Crippen LogP contribution in [0.1, 0.15) is 0 Å². The minimum absolute atomic E-state index is 0.695. The summed E-state index contributed by atoms with van der Waals surface area (Å²) in [5.74, 6) is 0. The van der Waals surface area contributed by atoms with Crippen LogP contribution in [0.3, 0.4) is 0 Å². The molecule has 3 nitrogen and oxygen atoms in total. The van der Waals surface area contributed by atoms with Gasteiger partial charge < -0.3 is 5.21 Å². The van der Waals surface area contributed by atoms with Crippen LogP contribution in [0.15, 0.2) is 45.0 Å². The zero-order valence-electron chi connectivity index (χ0n) is 10.5. The molecule has 0 aliphatic rings. The highest BCUT2D eigenvalue weighted by Crippen LogP contribution is 2.40. The van der Waals surface area contributed by atoms with Crippen molar-refractivity contribution in [1.82, 2.24) is 8.70 Å². The maximum Gasteiger partial charge on any atom is 0.115 e. The van der Waals surface area contributed by atoms with Gasteiger partial charge >= 0.3 is 0 Å². The number of rotatable bonds is 0. The minimum Gasteiger partial charge on any atom is -0.428 e. The number of aromatic nitrogens is 2. The Balaban J connectivity index is 2.39. The van der Waals surface area contributed by atoms with Crippen molar-refractivity contribution in [3.05, 3.63) is 30.3 Å². The van der Waals surface area contributed by atoms with E-state index < -0.39 is 0 Å². The van der Waals surface area contributed by atoms with Gasteiger partial charge in [0, 0.05) is 25.5 Å². The van der Waals surface area contributed by atoms with Gasteiger partial charge in [-0.05, 0) is 30.3 Å². The molecule has 0 spiro atoms. The second kappa shape index (κ2) is 4.49. The molecule has 106 valence electrons. The topological polar surface area (TPSA) is 30.1 Å². The number of hydrogen-bond acceptors (Lipinski definition) is 5. The molecular weight excluding hydrogens is 340 g/mol. The average Bonchev–Trinajstić information content (AvgIpc) is 2.85. The number of hydrogen-bond donors (Lipinski definition) is 5. The normalized spacial score (nSPS) is 12.0. The minimum atomic E-state index is 0.695. The summed E-state index contributed by atoms with van der Waals surface area (Å²) in [5.41, 5.74) is 3.09. The van der Waals surface area contributed by atoms with E-state index in [0.717, 1.165) is 36.5 Å². The van der Waals surface area contributed by atoms with Crippen LogP contribution < -0.4 is 0 Å². The monoisotopic (exact) mass is 350 g/mol. The maximum atomic E-state index is 10.5.